The molecule has 5 heteroatoms. The van der Waals surface area contributed by atoms with Crippen LogP contribution in [0.15, 0.2) is 6.07 Å². The van der Waals surface area contributed by atoms with Gasteiger partial charge in [0.05, 0.1) is 6.61 Å². The fraction of sp³-hybridized carbons (Fsp3) is 0.600. The summed E-state index contributed by atoms with van der Waals surface area (Å²) in [4.78, 5) is 8.51. The van der Waals surface area contributed by atoms with E-state index in [2.05, 4.69) is 15.3 Å². The largest absolute Gasteiger partial charge is 0.478 e. The van der Waals surface area contributed by atoms with Gasteiger partial charge >= 0.3 is 0 Å². The van der Waals surface area contributed by atoms with Gasteiger partial charge in [0.15, 0.2) is 0 Å². The first-order valence-corrected chi connectivity index (χ1v) is 5.19. The van der Waals surface area contributed by atoms with E-state index in [1.165, 1.54) is 0 Å². The lowest BCUT2D eigenvalue weighted by Gasteiger charge is -2.07. The fourth-order valence-electron chi connectivity index (χ4n) is 1.37. The molecule has 0 bridgehead atoms. The summed E-state index contributed by atoms with van der Waals surface area (Å²) in [5, 5.41) is 3.18. The van der Waals surface area contributed by atoms with Crippen LogP contribution in [0.1, 0.15) is 19.0 Å². The monoisotopic (exact) mass is 208 g/mol. The number of nitrogens with zero attached hydrogens (tertiary/aromatic N) is 2. The van der Waals surface area contributed by atoms with E-state index in [-0.39, 0.29) is 6.04 Å². The SMILES string of the molecule is CCOc1cc(C)nc(NC2CC2N)n1. The summed E-state index contributed by atoms with van der Waals surface area (Å²) in [6.45, 7) is 4.46. The number of ether oxygens (including phenoxy) is 1. The first kappa shape index (κ1) is 10.2. The van der Waals surface area contributed by atoms with E-state index in [0.29, 0.717) is 24.5 Å². The number of aryl methyl sites for hydroxylation is 1. The summed E-state index contributed by atoms with van der Waals surface area (Å²) in [7, 11) is 0. The van der Waals surface area contributed by atoms with Gasteiger partial charge in [-0.05, 0) is 20.3 Å². The van der Waals surface area contributed by atoms with E-state index in [4.69, 9.17) is 10.5 Å². The van der Waals surface area contributed by atoms with E-state index in [9.17, 15) is 0 Å². The van der Waals surface area contributed by atoms with Gasteiger partial charge < -0.3 is 15.8 Å². The second kappa shape index (κ2) is 4.02. The molecule has 0 saturated heterocycles. The zero-order chi connectivity index (χ0) is 10.8. The summed E-state index contributed by atoms with van der Waals surface area (Å²) in [6.07, 6.45) is 0.987. The summed E-state index contributed by atoms with van der Waals surface area (Å²) < 4.78 is 5.33. The third-order valence-electron chi connectivity index (χ3n) is 2.28. The molecule has 0 aliphatic heterocycles. The van der Waals surface area contributed by atoms with Crippen molar-refractivity contribution in [2.45, 2.75) is 32.4 Å². The molecule has 1 aliphatic carbocycles. The Kier molecular flexibility index (Phi) is 2.73. The number of hydrogen-bond donors (Lipinski definition) is 2. The first-order valence-electron chi connectivity index (χ1n) is 5.19. The molecule has 2 atom stereocenters. The lowest BCUT2D eigenvalue weighted by molar-refractivity contribution is 0.326. The van der Waals surface area contributed by atoms with Crippen molar-refractivity contribution >= 4 is 5.95 Å². The second-order valence-electron chi connectivity index (χ2n) is 3.75. The van der Waals surface area contributed by atoms with Crippen LogP contribution in [-0.4, -0.2) is 28.7 Å². The highest BCUT2D eigenvalue weighted by molar-refractivity contribution is 5.34. The maximum absolute atomic E-state index is 5.70. The summed E-state index contributed by atoms with van der Waals surface area (Å²) in [5.74, 6) is 1.22. The van der Waals surface area contributed by atoms with Crippen molar-refractivity contribution in [2.24, 2.45) is 5.73 Å². The van der Waals surface area contributed by atoms with Crippen molar-refractivity contribution < 1.29 is 4.74 Å². The number of aromatic nitrogens is 2. The molecule has 1 aliphatic rings. The van der Waals surface area contributed by atoms with E-state index >= 15 is 0 Å². The van der Waals surface area contributed by atoms with Crippen LogP contribution in [0.2, 0.25) is 0 Å². The molecular formula is C10H16N4O. The average molecular weight is 208 g/mol. The molecule has 5 nitrogen and oxygen atoms in total. The van der Waals surface area contributed by atoms with Crippen LogP contribution in [0.3, 0.4) is 0 Å². The van der Waals surface area contributed by atoms with Crippen LogP contribution in [0.4, 0.5) is 5.95 Å². The predicted octanol–water partition coefficient (Wildman–Crippen LogP) is 0.695. The third-order valence-corrected chi connectivity index (χ3v) is 2.28. The van der Waals surface area contributed by atoms with Gasteiger partial charge in [0, 0.05) is 23.8 Å². The third kappa shape index (κ3) is 2.56. The summed E-state index contributed by atoms with van der Waals surface area (Å²) >= 11 is 0. The number of nitrogens with one attached hydrogen (secondary N) is 1. The van der Waals surface area contributed by atoms with E-state index in [1.807, 2.05) is 19.9 Å². The Labute approximate surface area is 89.1 Å². The zero-order valence-corrected chi connectivity index (χ0v) is 9.03. The predicted molar refractivity (Wildman–Crippen MR) is 57.9 cm³/mol. The molecule has 3 N–H and O–H groups in total. The van der Waals surface area contributed by atoms with E-state index in [0.717, 1.165) is 12.1 Å². The molecule has 0 amide bonds. The van der Waals surface area contributed by atoms with Crippen molar-refractivity contribution in [1.29, 1.82) is 0 Å². The van der Waals surface area contributed by atoms with Crippen LogP contribution < -0.4 is 15.8 Å². The highest BCUT2D eigenvalue weighted by Crippen LogP contribution is 2.23. The Morgan fingerprint density at radius 2 is 2.33 bits per heavy atom. The topological polar surface area (TPSA) is 73.1 Å². The minimum atomic E-state index is 0.240. The van der Waals surface area contributed by atoms with Crippen LogP contribution in [-0.2, 0) is 0 Å². The molecule has 1 fully saturated rings. The number of nitrogens with two attached hydrogens (primary N) is 1. The van der Waals surface area contributed by atoms with Crippen molar-refractivity contribution in [3.05, 3.63) is 11.8 Å². The van der Waals surface area contributed by atoms with E-state index in [1.54, 1.807) is 0 Å². The van der Waals surface area contributed by atoms with Gasteiger partial charge in [-0.25, -0.2) is 4.98 Å². The molecule has 1 aromatic rings. The molecule has 0 aromatic carbocycles. The van der Waals surface area contributed by atoms with Crippen LogP contribution in [0, 0.1) is 6.92 Å². The molecule has 1 aromatic heterocycles. The molecule has 1 heterocycles. The quantitative estimate of drug-likeness (QED) is 0.761. The standard InChI is InChI=1S/C10H16N4O/c1-3-15-9-4-6(2)12-10(14-9)13-8-5-7(8)11/h4,7-8H,3,5,11H2,1-2H3,(H,12,13,14). The molecule has 0 spiro atoms. The fourth-order valence-corrected chi connectivity index (χ4v) is 1.37. The first-order chi connectivity index (χ1) is 7.19. The lowest BCUT2D eigenvalue weighted by atomic mass is 10.4. The van der Waals surface area contributed by atoms with Gasteiger partial charge in [0.25, 0.3) is 0 Å². The van der Waals surface area contributed by atoms with Gasteiger partial charge in [0.2, 0.25) is 11.8 Å². The maximum atomic E-state index is 5.70. The highest BCUT2D eigenvalue weighted by atomic mass is 16.5. The molecular weight excluding hydrogens is 192 g/mol. The highest BCUT2D eigenvalue weighted by Gasteiger charge is 2.34. The second-order valence-corrected chi connectivity index (χ2v) is 3.75. The number of rotatable bonds is 4. The Morgan fingerprint density at radius 1 is 1.60 bits per heavy atom. The molecule has 82 valence electrons. The number of anilines is 1. The van der Waals surface area contributed by atoms with Gasteiger partial charge in [-0.15, -0.1) is 0 Å². The molecule has 0 radical (unpaired) electrons. The zero-order valence-electron chi connectivity index (χ0n) is 9.03. The van der Waals surface area contributed by atoms with Gasteiger partial charge in [-0.2, -0.15) is 4.98 Å². The van der Waals surface area contributed by atoms with Gasteiger partial charge in [0.1, 0.15) is 0 Å². The maximum Gasteiger partial charge on any atom is 0.226 e. The van der Waals surface area contributed by atoms with E-state index < -0.39 is 0 Å². The minimum absolute atomic E-state index is 0.240. The Balaban J connectivity index is 2.08. The Bertz CT molecular complexity index is 355. The minimum Gasteiger partial charge on any atom is -0.478 e. The molecule has 15 heavy (non-hydrogen) atoms. The molecule has 2 unspecified atom stereocenters. The normalized spacial score (nSPS) is 23.7. The van der Waals surface area contributed by atoms with Crippen molar-refractivity contribution in [1.82, 2.24) is 9.97 Å². The van der Waals surface area contributed by atoms with Crippen LogP contribution in [0.25, 0.3) is 0 Å². The van der Waals surface area contributed by atoms with Crippen molar-refractivity contribution in [3.63, 3.8) is 0 Å². The summed E-state index contributed by atoms with van der Waals surface area (Å²) in [6, 6.07) is 2.38. The molecule has 1 saturated carbocycles. The summed E-state index contributed by atoms with van der Waals surface area (Å²) in [5.41, 5.74) is 6.59. The Morgan fingerprint density at radius 3 is 2.93 bits per heavy atom. The van der Waals surface area contributed by atoms with Crippen LogP contribution >= 0.6 is 0 Å². The smallest absolute Gasteiger partial charge is 0.226 e. The number of hydrogen-bond acceptors (Lipinski definition) is 5. The van der Waals surface area contributed by atoms with Crippen molar-refractivity contribution in [2.75, 3.05) is 11.9 Å². The lowest BCUT2D eigenvalue weighted by Crippen LogP contribution is -2.15. The average Bonchev–Trinajstić information content (AvgIpc) is 2.81. The van der Waals surface area contributed by atoms with Crippen LogP contribution in [0.5, 0.6) is 5.88 Å². The van der Waals surface area contributed by atoms with Crippen molar-refractivity contribution in [3.8, 4) is 5.88 Å². The Hall–Kier alpha value is -1.36. The molecule has 2 rings (SSSR count). The van der Waals surface area contributed by atoms with Gasteiger partial charge in [-0.3, -0.25) is 0 Å². The van der Waals surface area contributed by atoms with Gasteiger partial charge in [-0.1, -0.05) is 0 Å².